The number of carbonyl (C=O) groups is 1. The van der Waals surface area contributed by atoms with Gasteiger partial charge in [0, 0.05) is 13.5 Å². The van der Waals surface area contributed by atoms with Gasteiger partial charge in [0.2, 0.25) is 0 Å². The first-order valence-electron chi connectivity index (χ1n) is 7.62. The summed E-state index contributed by atoms with van der Waals surface area (Å²) in [6.07, 6.45) is 0.824. The normalized spacial score (nSPS) is 16.3. The van der Waals surface area contributed by atoms with Crippen LogP contribution in [0.4, 0.5) is 5.82 Å². The quantitative estimate of drug-likeness (QED) is 0.772. The molecule has 1 atom stereocenters. The molecule has 7 nitrogen and oxygen atoms in total. The molecule has 0 bridgehead atoms. The highest BCUT2D eigenvalue weighted by atomic mass is 16.5. The van der Waals surface area contributed by atoms with Gasteiger partial charge in [-0.3, -0.25) is 9.89 Å². The lowest BCUT2D eigenvalue weighted by atomic mass is 10.1. The monoisotopic (exact) mass is 311 g/mol. The summed E-state index contributed by atoms with van der Waals surface area (Å²) in [7, 11) is 1.84. The van der Waals surface area contributed by atoms with Gasteiger partial charge >= 0.3 is 0 Å². The van der Waals surface area contributed by atoms with Crippen molar-refractivity contribution in [3.8, 4) is 5.75 Å². The number of hydrogen-bond donors (Lipinski definition) is 2. The minimum absolute atomic E-state index is 0.183. The molecule has 1 aliphatic rings. The molecule has 0 radical (unpaired) electrons. The van der Waals surface area contributed by atoms with Crippen LogP contribution in [0.25, 0.3) is 11.0 Å². The third-order valence-corrected chi connectivity index (χ3v) is 4.14. The minimum Gasteiger partial charge on any atom is -0.480 e. The van der Waals surface area contributed by atoms with Gasteiger partial charge in [0.1, 0.15) is 11.6 Å². The Kier molecular flexibility index (Phi) is 3.07. The van der Waals surface area contributed by atoms with Crippen molar-refractivity contribution in [2.45, 2.75) is 25.9 Å². The number of aromatic nitrogens is 4. The number of rotatable bonds is 3. The summed E-state index contributed by atoms with van der Waals surface area (Å²) in [5.41, 5.74) is 2.69. The van der Waals surface area contributed by atoms with Crippen LogP contribution in [0.15, 0.2) is 24.3 Å². The summed E-state index contributed by atoms with van der Waals surface area (Å²) >= 11 is 0. The van der Waals surface area contributed by atoms with E-state index in [1.165, 1.54) is 0 Å². The van der Waals surface area contributed by atoms with Crippen LogP contribution in [0, 0.1) is 0 Å². The summed E-state index contributed by atoms with van der Waals surface area (Å²) in [5.74, 6) is 1.17. The second-order valence-corrected chi connectivity index (χ2v) is 5.63. The standard InChI is InChI=1S/C16H17N5O2/c1-3-10-13-14(18-19-15(13)21(2)20-10)17-16(22)12-8-9-6-4-5-7-11(9)23-12/h4-7,12H,3,8H2,1-2H3,(H2,17,18,19,22). The molecule has 1 amide bonds. The summed E-state index contributed by atoms with van der Waals surface area (Å²) < 4.78 is 7.43. The van der Waals surface area contributed by atoms with Crippen LogP contribution in [0.1, 0.15) is 18.2 Å². The van der Waals surface area contributed by atoms with E-state index in [4.69, 9.17) is 4.74 Å². The van der Waals surface area contributed by atoms with Crippen LogP contribution in [0.3, 0.4) is 0 Å². The molecule has 0 aliphatic carbocycles. The number of carbonyl (C=O) groups excluding carboxylic acids is 1. The third-order valence-electron chi connectivity index (χ3n) is 4.14. The molecule has 3 aromatic rings. The molecular formula is C16H17N5O2. The first-order chi connectivity index (χ1) is 11.2. The van der Waals surface area contributed by atoms with Crippen molar-refractivity contribution in [3.63, 3.8) is 0 Å². The molecule has 1 aromatic carbocycles. The number of benzene rings is 1. The van der Waals surface area contributed by atoms with Crippen molar-refractivity contribution < 1.29 is 9.53 Å². The predicted molar refractivity (Wildman–Crippen MR) is 85.4 cm³/mol. The van der Waals surface area contributed by atoms with Gasteiger partial charge in [0.05, 0.1) is 11.1 Å². The van der Waals surface area contributed by atoms with Crippen molar-refractivity contribution in [2.24, 2.45) is 7.05 Å². The Labute approximate surface area is 132 Å². The zero-order valence-electron chi connectivity index (χ0n) is 13.0. The number of amides is 1. The van der Waals surface area contributed by atoms with E-state index < -0.39 is 6.10 Å². The molecule has 1 unspecified atom stereocenters. The summed E-state index contributed by atoms with van der Waals surface area (Å²) in [6.45, 7) is 2.02. The highest BCUT2D eigenvalue weighted by molar-refractivity contribution is 6.02. The Morgan fingerprint density at radius 3 is 3.09 bits per heavy atom. The number of ether oxygens (including phenoxy) is 1. The smallest absolute Gasteiger partial charge is 0.266 e. The van der Waals surface area contributed by atoms with Gasteiger partial charge in [0.15, 0.2) is 11.8 Å². The van der Waals surface area contributed by atoms with E-state index in [1.54, 1.807) is 4.68 Å². The molecule has 1 aliphatic heterocycles. The van der Waals surface area contributed by atoms with Crippen LogP contribution in [0.2, 0.25) is 0 Å². The number of hydrogen-bond acceptors (Lipinski definition) is 4. The lowest BCUT2D eigenvalue weighted by Gasteiger charge is -2.10. The minimum atomic E-state index is -0.521. The number of H-pyrrole nitrogens is 1. The average Bonchev–Trinajstić information content (AvgIpc) is 3.23. The fourth-order valence-electron chi connectivity index (χ4n) is 2.99. The maximum absolute atomic E-state index is 12.5. The van der Waals surface area contributed by atoms with Crippen LogP contribution in [0.5, 0.6) is 5.75 Å². The van der Waals surface area contributed by atoms with E-state index in [9.17, 15) is 4.79 Å². The zero-order chi connectivity index (χ0) is 16.0. The molecule has 4 rings (SSSR count). The second-order valence-electron chi connectivity index (χ2n) is 5.63. The molecule has 7 heteroatoms. The van der Waals surface area contributed by atoms with Gasteiger partial charge in [-0.15, -0.1) is 0 Å². The fourth-order valence-corrected chi connectivity index (χ4v) is 2.99. The number of nitrogens with one attached hydrogen (secondary N) is 2. The highest BCUT2D eigenvalue weighted by Gasteiger charge is 2.30. The summed E-state index contributed by atoms with van der Waals surface area (Å²) in [6, 6.07) is 7.71. The largest absolute Gasteiger partial charge is 0.480 e. The number of fused-ring (bicyclic) bond motifs is 2. The van der Waals surface area contributed by atoms with Gasteiger partial charge < -0.3 is 10.1 Å². The summed E-state index contributed by atoms with van der Waals surface area (Å²) in [5, 5.41) is 15.3. The number of para-hydroxylation sites is 1. The Morgan fingerprint density at radius 2 is 2.30 bits per heavy atom. The van der Waals surface area contributed by atoms with Crippen LogP contribution in [-0.4, -0.2) is 32.0 Å². The molecule has 118 valence electrons. The molecule has 3 heterocycles. The van der Waals surface area contributed by atoms with Gasteiger partial charge in [-0.25, -0.2) is 4.68 Å². The van der Waals surface area contributed by atoms with E-state index in [0.29, 0.717) is 12.2 Å². The lowest BCUT2D eigenvalue weighted by Crippen LogP contribution is -2.31. The molecule has 2 N–H and O–H groups in total. The van der Waals surface area contributed by atoms with Crippen molar-refractivity contribution in [1.82, 2.24) is 20.0 Å². The number of aromatic amines is 1. The van der Waals surface area contributed by atoms with Gasteiger partial charge in [0.25, 0.3) is 5.91 Å². The molecule has 2 aromatic heterocycles. The van der Waals surface area contributed by atoms with E-state index in [2.05, 4.69) is 20.6 Å². The van der Waals surface area contributed by atoms with Gasteiger partial charge in [-0.05, 0) is 18.1 Å². The maximum atomic E-state index is 12.5. The third kappa shape index (κ3) is 2.16. The van der Waals surface area contributed by atoms with Crippen LogP contribution in [-0.2, 0) is 24.7 Å². The lowest BCUT2D eigenvalue weighted by molar-refractivity contribution is -0.122. The molecule has 23 heavy (non-hydrogen) atoms. The van der Waals surface area contributed by atoms with E-state index >= 15 is 0 Å². The van der Waals surface area contributed by atoms with Crippen molar-refractivity contribution in [2.75, 3.05) is 5.32 Å². The molecule has 0 saturated heterocycles. The Balaban J connectivity index is 1.58. The molecule has 0 spiro atoms. The van der Waals surface area contributed by atoms with E-state index in [-0.39, 0.29) is 5.91 Å². The molecule has 0 fully saturated rings. The van der Waals surface area contributed by atoms with Crippen molar-refractivity contribution >= 4 is 22.8 Å². The average molecular weight is 311 g/mol. The number of aryl methyl sites for hydroxylation is 2. The zero-order valence-corrected chi connectivity index (χ0v) is 13.0. The van der Waals surface area contributed by atoms with E-state index in [1.807, 2.05) is 38.2 Å². The van der Waals surface area contributed by atoms with Crippen molar-refractivity contribution in [1.29, 1.82) is 0 Å². The Bertz CT molecular complexity index is 870. The Hall–Kier alpha value is -2.83. The Morgan fingerprint density at radius 1 is 1.48 bits per heavy atom. The van der Waals surface area contributed by atoms with Crippen molar-refractivity contribution in [3.05, 3.63) is 35.5 Å². The van der Waals surface area contributed by atoms with Gasteiger partial charge in [-0.2, -0.15) is 10.2 Å². The second kappa shape index (κ2) is 5.12. The first-order valence-corrected chi connectivity index (χ1v) is 7.62. The topological polar surface area (TPSA) is 84.8 Å². The van der Waals surface area contributed by atoms with Crippen LogP contribution < -0.4 is 10.1 Å². The molecule has 0 saturated carbocycles. The maximum Gasteiger partial charge on any atom is 0.266 e. The fraction of sp³-hybridized carbons (Fsp3) is 0.312. The number of nitrogens with zero attached hydrogens (tertiary/aromatic N) is 3. The predicted octanol–water partition coefficient (Wildman–Crippen LogP) is 1.80. The van der Waals surface area contributed by atoms with Gasteiger partial charge in [-0.1, -0.05) is 25.1 Å². The van der Waals surface area contributed by atoms with Crippen LogP contribution >= 0.6 is 0 Å². The summed E-state index contributed by atoms with van der Waals surface area (Å²) in [4.78, 5) is 12.5. The van der Waals surface area contributed by atoms with E-state index in [0.717, 1.165) is 34.5 Å². The number of anilines is 1. The first kappa shape index (κ1) is 13.8. The molecular weight excluding hydrogens is 294 g/mol. The highest BCUT2D eigenvalue weighted by Crippen LogP contribution is 2.29. The SMILES string of the molecule is CCc1nn(C)c2n[nH]c(NC(=O)C3Cc4ccccc4O3)c12.